The molecule has 0 radical (unpaired) electrons. The third-order valence-electron chi connectivity index (χ3n) is 2.00. The fourth-order valence-electron chi connectivity index (χ4n) is 1.24. The zero-order valence-corrected chi connectivity index (χ0v) is 10.9. The number of hydrogen-bond acceptors (Lipinski definition) is 4. The molecule has 0 saturated carbocycles. The molecule has 8 heteroatoms. The lowest BCUT2D eigenvalue weighted by Crippen LogP contribution is -2.24. The quantitative estimate of drug-likeness (QED) is 0.805. The number of halogens is 3. The van der Waals surface area contributed by atoms with Gasteiger partial charge in [0.25, 0.3) is 5.91 Å². The second-order valence-corrected chi connectivity index (χ2v) is 3.86. The van der Waals surface area contributed by atoms with E-state index in [1.807, 2.05) is 0 Å². The summed E-state index contributed by atoms with van der Waals surface area (Å²) in [4.78, 5) is 15.2. The predicted octanol–water partition coefficient (Wildman–Crippen LogP) is 1.33. The van der Waals surface area contributed by atoms with E-state index < -0.39 is 25.3 Å². The fourth-order valence-corrected chi connectivity index (χ4v) is 1.24. The zero-order chi connectivity index (χ0) is 15.7. The number of alkyl halides is 3. The number of carbonyl (C=O) groups excluding carboxylic acids is 1. The maximum atomic E-state index is 11.8. The van der Waals surface area contributed by atoms with E-state index in [4.69, 9.17) is 5.11 Å². The average molecular weight is 302 g/mol. The van der Waals surface area contributed by atoms with E-state index in [0.717, 1.165) is 0 Å². The molecule has 21 heavy (non-hydrogen) atoms. The van der Waals surface area contributed by atoms with Crippen LogP contribution in [-0.4, -0.2) is 42.0 Å². The standard InChI is InChI=1S/C13H13F3N2O3/c14-13(15,16)9-21-8-12(20)18-11-7-10(4-5-17-11)3-1-2-6-19/h4-5,7,19H,2,6,8-9H2,(H,17,18,20). The van der Waals surface area contributed by atoms with E-state index in [9.17, 15) is 18.0 Å². The Balaban J connectivity index is 2.49. The van der Waals surface area contributed by atoms with Gasteiger partial charge in [-0.25, -0.2) is 4.98 Å². The van der Waals surface area contributed by atoms with Crippen molar-refractivity contribution in [2.24, 2.45) is 0 Å². The van der Waals surface area contributed by atoms with E-state index in [1.165, 1.54) is 12.3 Å². The highest BCUT2D eigenvalue weighted by Gasteiger charge is 2.27. The minimum atomic E-state index is -4.47. The number of anilines is 1. The van der Waals surface area contributed by atoms with Crippen LogP contribution in [0.5, 0.6) is 0 Å². The highest BCUT2D eigenvalue weighted by atomic mass is 19.4. The Morgan fingerprint density at radius 3 is 2.90 bits per heavy atom. The summed E-state index contributed by atoms with van der Waals surface area (Å²) >= 11 is 0. The zero-order valence-electron chi connectivity index (χ0n) is 10.9. The van der Waals surface area contributed by atoms with Crippen molar-refractivity contribution >= 4 is 11.7 Å². The van der Waals surface area contributed by atoms with Crippen LogP contribution in [0, 0.1) is 11.8 Å². The second kappa shape index (κ2) is 8.24. The largest absolute Gasteiger partial charge is 0.411 e. The molecule has 114 valence electrons. The summed E-state index contributed by atoms with van der Waals surface area (Å²) in [5, 5.41) is 10.9. The third-order valence-corrected chi connectivity index (χ3v) is 2.00. The van der Waals surface area contributed by atoms with Gasteiger partial charge in [0, 0.05) is 18.2 Å². The SMILES string of the molecule is O=C(COCC(F)(F)F)Nc1cc(C#CCCO)ccn1. The Kier molecular flexibility index (Phi) is 6.65. The third kappa shape index (κ3) is 7.91. The molecular formula is C13H13F3N2O3. The highest BCUT2D eigenvalue weighted by molar-refractivity contribution is 5.90. The van der Waals surface area contributed by atoms with Crippen molar-refractivity contribution in [3.63, 3.8) is 0 Å². The summed E-state index contributed by atoms with van der Waals surface area (Å²) in [5.74, 6) is 4.85. The van der Waals surface area contributed by atoms with Gasteiger partial charge in [0.05, 0.1) is 6.61 Å². The van der Waals surface area contributed by atoms with Gasteiger partial charge in [0.15, 0.2) is 0 Å². The number of hydrogen-bond donors (Lipinski definition) is 2. The van der Waals surface area contributed by atoms with Crippen molar-refractivity contribution in [1.29, 1.82) is 0 Å². The van der Waals surface area contributed by atoms with Crippen LogP contribution in [0.15, 0.2) is 18.3 Å². The molecule has 0 aliphatic carbocycles. The number of rotatable bonds is 5. The Hall–Kier alpha value is -2.11. The minimum Gasteiger partial charge on any atom is -0.395 e. The van der Waals surface area contributed by atoms with Crippen LogP contribution in [0.25, 0.3) is 0 Å². The first-order chi connectivity index (χ1) is 9.90. The minimum absolute atomic E-state index is 0.0573. The molecule has 1 aromatic heterocycles. The molecule has 2 N–H and O–H groups in total. The molecule has 0 saturated heterocycles. The molecule has 0 aliphatic rings. The first-order valence-electron chi connectivity index (χ1n) is 5.91. The van der Waals surface area contributed by atoms with Crippen molar-refractivity contribution in [3.8, 4) is 11.8 Å². The van der Waals surface area contributed by atoms with E-state index >= 15 is 0 Å². The molecule has 1 rings (SSSR count). The van der Waals surface area contributed by atoms with Crippen molar-refractivity contribution in [2.75, 3.05) is 25.1 Å². The van der Waals surface area contributed by atoms with Gasteiger partial charge in [0.2, 0.25) is 0 Å². The predicted molar refractivity (Wildman–Crippen MR) is 68.3 cm³/mol. The van der Waals surface area contributed by atoms with Gasteiger partial charge in [0.1, 0.15) is 19.0 Å². The molecule has 0 fully saturated rings. The van der Waals surface area contributed by atoms with E-state index in [2.05, 4.69) is 26.9 Å². The van der Waals surface area contributed by atoms with Gasteiger partial charge in [-0.15, -0.1) is 0 Å². The Bertz CT molecular complexity index is 535. The molecule has 0 aliphatic heterocycles. The van der Waals surface area contributed by atoms with Crippen molar-refractivity contribution in [3.05, 3.63) is 23.9 Å². The molecule has 0 spiro atoms. The van der Waals surface area contributed by atoms with Crippen LogP contribution in [0.1, 0.15) is 12.0 Å². The number of carbonyl (C=O) groups is 1. The van der Waals surface area contributed by atoms with Crippen LogP contribution in [0.2, 0.25) is 0 Å². The second-order valence-electron chi connectivity index (χ2n) is 3.86. The maximum absolute atomic E-state index is 11.8. The van der Waals surface area contributed by atoms with Crippen molar-refractivity contribution < 1.29 is 27.8 Å². The Morgan fingerprint density at radius 2 is 2.24 bits per heavy atom. The number of aliphatic hydroxyl groups is 1. The van der Waals surface area contributed by atoms with Gasteiger partial charge in [-0.1, -0.05) is 11.8 Å². The molecule has 1 amide bonds. The normalized spacial score (nSPS) is 10.7. The van der Waals surface area contributed by atoms with Crippen LogP contribution >= 0.6 is 0 Å². The lowest BCUT2D eigenvalue weighted by molar-refractivity contribution is -0.174. The summed E-state index contributed by atoms with van der Waals surface area (Å²) in [6.07, 6.45) is -2.76. The van der Waals surface area contributed by atoms with Crippen LogP contribution < -0.4 is 5.32 Å². The lowest BCUT2D eigenvalue weighted by Gasteiger charge is -2.08. The van der Waals surface area contributed by atoms with Gasteiger partial charge in [-0.2, -0.15) is 13.2 Å². The monoisotopic (exact) mass is 302 g/mol. The van der Waals surface area contributed by atoms with Gasteiger partial charge >= 0.3 is 6.18 Å². The molecule has 1 aromatic rings. The molecular weight excluding hydrogens is 289 g/mol. The molecule has 1 heterocycles. The molecule has 5 nitrogen and oxygen atoms in total. The molecule has 0 atom stereocenters. The topological polar surface area (TPSA) is 71.5 Å². The van der Waals surface area contributed by atoms with Gasteiger partial charge < -0.3 is 15.2 Å². The summed E-state index contributed by atoms with van der Waals surface area (Å²) in [6.45, 7) is -2.26. The van der Waals surface area contributed by atoms with Crippen LogP contribution in [0.4, 0.5) is 19.0 Å². The summed E-state index contributed by atoms with van der Waals surface area (Å²) < 4.78 is 39.7. The number of amides is 1. The van der Waals surface area contributed by atoms with Crippen molar-refractivity contribution in [2.45, 2.75) is 12.6 Å². The first-order valence-corrected chi connectivity index (χ1v) is 5.91. The van der Waals surface area contributed by atoms with E-state index in [-0.39, 0.29) is 12.4 Å². The number of aromatic nitrogens is 1. The first kappa shape index (κ1) is 16.9. The number of ether oxygens (including phenoxy) is 1. The lowest BCUT2D eigenvalue weighted by atomic mass is 10.2. The number of pyridine rings is 1. The van der Waals surface area contributed by atoms with Gasteiger partial charge in [-0.05, 0) is 12.1 Å². The maximum Gasteiger partial charge on any atom is 0.411 e. The highest BCUT2D eigenvalue weighted by Crippen LogP contribution is 2.14. The number of nitrogens with zero attached hydrogens (tertiary/aromatic N) is 1. The smallest absolute Gasteiger partial charge is 0.395 e. The van der Waals surface area contributed by atoms with Crippen molar-refractivity contribution in [1.82, 2.24) is 4.98 Å². The van der Waals surface area contributed by atoms with E-state index in [1.54, 1.807) is 6.07 Å². The summed E-state index contributed by atoms with van der Waals surface area (Å²) in [5.41, 5.74) is 0.560. The Labute approximate surface area is 119 Å². The summed E-state index contributed by atoms with van der Waals surface area (Å²) in [7, 11) is 0. The number of aliphatic hydroxyl groups excluding tert-OH is 1. The Morgan fingerprint density at radius 1 is 1.48 bits per heavy atom. The molecule has 0 bridgehead atoms. The van der Waals surface area contributed by atoms with E-state index in [0.29, 0.717) is 12.0 Å². The molecule has 0 aromatic carbocycles. The molecule has 0 unspecified atom stereocenters. The van der Waals surface area contributed by atoms with Crippen LogP contribution in [-0.2, 0) is 9.53 Å². The fraction of sp³-hybridized carbons (Fsp3) is 0.385. The average Bonchev–Trinajstić information content (AvgIpc) is 2.38. The summed E-state index contributed by atoms with van der Waals surface area (Å²) in [6, 6.07) is 3.06. The van der Waals surface area contributed by atoms with Gasteiger partial charge in [-0.3, -0.25) is 4.79 Å². The van der Waals surface area contributed by atoms with Crippen LogP contribution in [0.3, 0.4) is 0 Å². The number of nitrogens with one attached hydrogen (secondary N) is 1.